The van der Waals surface area contributed by atoms with E-state index in [0.29, 0.717) is 31.4 Å². The van der Waals surface area contributed by atoms with E-state index in [1.54, 1.807) is 4.98 Å². The number of hydrogen-bond acceptors (Lipinski definition) is 5. The first-order valence-corrected chi connectivity index (χ1v) is 11.1. The summed E-state index contributed by atoms with van der Waals surface area (Å²) in [7, 11) is -3.24. The molecular weight excluding hydrogens is 437 g/mol. The minimum atomic E-state index is -4.87. The largest absolute Gasteiger partial charge is 0.492 e. The van der Waals surface area contributed by atoms with Crippen LogP contribution in [0.2, 0.25) is 0 Å². The Labute approximate surface area is 175 Å². The molecule has 11 heteroatoms. The van der Waals surface area contributed by atoms with Gasteiger partial charge in [0.05, 0.1) is 5.25 Å². The summed E-state index contributed by atoms with van der Waals surface area (Å²) in [6, 6.07) is 6.28. The quantitative estimate of drug-likeness (QED) is 0.664. The number of carbonyl (C=O) groups excluding carboxylic acids is 1. The number of aromatic amines is 1. The van der Waals surface area contributed by atoms with Gasteiger partial charge in [0.1, 0.15) is 28.4 Å². The van der Waals surface area contributed by atoms with Crippen LogP contribution in [0.4, 0.5) is 13.2 Å². The van der Waals surface area contributed by atoms with Crippen LogP contribution in [0.15, 0.2) is 35.1 Å². The smallest absolute Gasteiger partial charge is 0.431 e. The molecule has 3 N–H and O–H groups in total. The molecule has 2 aliphatic carbocycles. The van der Waals surface area contributed by atoms with Crippen LogP contribution in [0, 0.1) is 0 Å². The van der Waals surface area contributed by atoms with E-state index < -0.39 is 49.0 Å². The first-order chi connectivity index (χ1) is 14.4. The van der Waals surface area contributed by atoms with E-state index in [2.05, 4.69) is 0 Å². The van der Waals surface area contributed by atoms with Gasteiger partial charge in [-0.25, -0.2) is 8.42 Å². The molecular formula is C20H19F3N2O5S. The lowest BCUT2D eigenvalue weighted by Gasteiger charge is -2.17. The maximum absolute atomic E-state index is 13.4. The highest BCUT2D eigenvalue weighted by molar-refractivity contribution is 7.94. The highest BCUT2D eigenvalue weighted by atomic mass is 32.2. The number of amides is 1. The van der Waals surface area contributed by atoms with Gasteiger partial charge in [-0.05, 0) is 49.4 Å². The van der Waals surface area contributed by atoms with Gasteiger partial charge in [-0.15, -0.1) is 0 Å². The molecule has 1 amide bonds. The molecule has 2 fully saturated rings. The van der Waals surface area contributed by atoms with Crippen LogP contribution in [0.25, 0.3) is 11.1 Å². The van der Waals surface area contributed by atoms with E-state index in [0.717, 1.165) is 6.07 Å². The molecule has 0 atom stereocenters. The van der Waals surface area contributed by atoms with Gasteiger partial charge in [-0.1, -0.05) is 12.1 Å². The van der Waals surface area contributed by atoms with E-state index in [1.165, 1.54) is 24.3 Å². The fourth-order valence-corrected chi connectivity index (χ4v) is 5.85. The van der Waals surface area contributed by atoms with Crippen LogP contribution < -0.4 is 16.0 Å². The Kier molecular flexibility index (Phi) is 4.91. The van der Waals surface area contributed by atoms with E-state index in [1.807, 2.05) is 0 Å². The van der Waals surface area contributed by atoms with Gasteiger partial charge in [-0.2, -0.15) is 13.2 Å². The normalized spacial score (nSPS) is 17.9. The number of nitrogens with two attached hydrogens (primary N) is 1. The third-order valence-corrected chi connectivity index (χ3v) is 8.71. The van der Waals surface area contributed by atoms with E-state index >= 15 is 0 Å². The van der Waals surface area contributed by atoms with Crippen LogP contribution in [0.1, 0.15) is 41.7 Å². The van der Waals surface area contributed by atoms with Gasteiger partial charge < -0.3 is 15.5 Å². The summed E-state index contributed by atoms with van der Waals surface area (Å²) in [6.45, 7) is -0.0105. The fraction of sp³-hybridized carbons (Fsp3) is 0.400. The van der Waals surface area contributed by atoms with E-state index in [9.17, 15) is 31.2 Å². The van der Waals surface area contributed by atoms with Crippen molar-refractivity contribution in [3.8, 4) is 16.9 Å². The zero-order valence-electron chi connectivity index (χ0n) is 16.2. The SMILES string of the molecule is NC(=O)c1cc(-c2ccc(OCC3(S(=O)(=O)C4CC4)CC3)cc2)c(C(F)(F)F)[nH]c1=O. The summed E-state index contributed by atoms with van der Waals surface area (Å²) in [5.41, 5.74) is 1.62. The number of primary amides is 1. The molecule has 2 aliphatic rings. The molecule has 1 aromatic heterocycles. The molecule has 2 saturated carbocycles. The third kappa shape index (κ3) is 3.93. The summed E-state index contributed by atoms with van der Waals surface area (Å²) < 4.78 is 70.0. The first kappa shape index (κ1) is 21.4. The molecule has 4 rings (SSSR count). The predicted octanol–water partition coefficient (Wildman–Crippen LogP) is 2.65. The number of benzene rings is 1. The maximum atomic E-state index is 13.4. The highest BCUT2D eigenvalue weighted by Crippen LogP contribution is 2.50. The van der Waals surface area contributed by atoms with Crippen molar-refractivity contribution in [3.05, 3.63) is 51.9 Å². The molecule has 166 valence electrons. The summed E-state index contributed by atoms with van der Waals surface area (Å²) in [6.07, 6.45) is -2.45. The molecule has 1 aromatic carbocycles. The monoisotopic (exact) mass is 456 g/mol. The summed E-state index contributed by atoms with van der Waals surface area (Å²) in [5, 5.41) is -0.290. The minimum Gasteiger partial charge on any atom is -0.492 e. The molecule has 0 spiro atoms. The lowest BCUT2D eigenvalue weighted by molar-refractivity contribution is -0.140. The molecule has 0 aliphatic heterocycles. The fourth-order valence-electron chi connectivity index (χ4n) is 3.49. The molecule has 0 radical (unpaired) electrons. The third-order valence-electron chi connectivity index (χ3n) is 5.63. The molecule has 1 heterocycles. The van der Waals surface area contributed by atoms with Crippen LogP contribution in [0.5, 0.6) is 5.75 Å². The minimum absolute atomic E-state index is 0.0105. The number of H-pyrrole nitrogens is 1. The molecule has 0 bridgehead atoms. The predicted molar refractivity (Wildman–Crippen MR) is 105 cm³/mol. The summed E-state index contributed by atoms with van der Waals surface area (Å²) >= 11 is 0. The van der Waals surface area contributed by atoms with Crippen LogP contribution in [0.3, 0.4) is 0 Å². The molecule has 7 nitrogen and oxygen atoms in total. The van der Waals surface area contributed by atoms with Crippen LogP contribution in [-0.2, 0) is 16.0 Å². The Morgan fingerprint density at radius 2 is 1.81 bits per heavy atom. The van der Waals surface area contributed by atoms with Crippen molar-refractivity contribution in [1.82, 2.24) is 4.98 Å². The van der Waals surface area contributed by atoms with Crippen molar-refractivity contribution in [2.75, 3.05) is 6.61 Å². The van der Waals surface area contributed by atoms with E-state index in [-0.39, 0.29) is 17.4 Å². The van der Waals surface area contributed by atoms with Crippen molar-refractivity contribution in [3.63, 3.8) is 0 Å². The second-order valence-corrected chi connectivity index (χ2v) is 10.5. The number of sulfone groups is 1. The Morgan fingerprint density at radius 3 is 2.29 bits per heavy atom. The number of carbonyl (C=O) groups is 1. The van der Waals surface area contributed by atoms with Crippen molar-refractivity contribution in [1.29, 1.82) is 0 Å². The number of alkyl halides is 3. The summed E-state index contributed by atoms with van der Waals surface area (Å²) in [4.78, 5) is 24.8. The number of ether oxygens (including phenoxy) is 1. The lowest BCUT2D eigenvalue weighted by Crippen LogP contribution is -2.33. The van der Waals surface area contributed by atoms with Gasteiger partial charge >= 0.3 is 6.18 Å². The topological polar surface area (TPSA) is 119 Å². The Morgan fingerprint density at radius 1 is 1.19 bits per heavy atom. The van der Waals surface area contributed by atoms with Crippen LogP contribution >= 0.6 is 0 Å². The second kappa shape index (κ2) is 7.11. The number of nitrogens with one attached hydrogen (secondary N) is 1. The second-order valence-electron chi connectivity index (χ2n) is 7.90. The zero-order valence-corrected chi connectivity index (χ0v) is 17.0. The highest BCUT2D eigenvalue weighted by Gasteiger charge is 2.60. The number of aromatic nitrogens is 1. The number of halogens is 3. The first-order valence-electron chi connectivity index (χ1n) is 9.56. The number of hydrogen-bond donors (Lipinski definition) is 2. The van der Waals surface area contributed by atoms with Gasteiger partial charge in [-0.3, -0.25) is 9.59 Å². The zero-order chi connectivity index (χ0) is 22.6. The molecule has 2 aromatic rings. The average Bonchev–Trinajstić information content (AvgIpc) is 3.59. The van der Waals surface area contributed by atoms with E-state index in [4.69, 9.17) is 10.5 Å². The number of rotatable bonds is 7. The molecule has 0 saturated heterocycles. The van der Waals surface area contributed by atoms with Crippen molar-refractivity contribution in [2.24, 2.45) is 5.73 Å². The van der Waals surface area contributed by atoms with Crippen molar-refractivity contribution in [2.45, 2.75) is 41.9 Å². The Bertz CT molecular complexity index is 1190. The lowest BCUT2D eigenvalue weighted by atomic mass is 10.0. The Balaban J connectivity index is 1.59. The van der Waals surface area contributed by atoms with Crippen LogP contribution in [-0.4, -0.2) is 35.9 Å². The molecule has 0 unspecified atom stereocenters. The van der Waals surface area contributed by atoms with Gasteiger partial charge in [0.15, 0.2) is 9.84 Å². The average molecular weight is 456 g/mol. The standard InChI is InChI=1S/C20H19F3N2O5S/c21-20(22,23)16-14(9-15(17(24)26)18(27)25-16)11-1-3-12(4-2-11)30-10-19(7-8-19)31(28,29)13-5-6-13/h1-4,9,13H,5-8,10H2,(H2,24,26)(H,25,27). The Hall–Kier alpha value is -2.82. The van der Waals surface area contributed by atoms with Gasteiger partial charge in [0, 0.05) is 5.56 Å². The maximum Gasteiger partial charge on any atom is 0.431 e. The van der Waals surface area contributed by atoms with Crippen molar-refractivity contribution < 1.29 is 31.1 Å². The van der Waals surface area contributed by atoms with Gasteiger partial charge in [0.25, 0.3) is 11.5 Å². The number of pyridine rings is 1. The van der Waals surface area contributed by atoms with Crippen molar-refractivity contribution >= 4 is 15.7 Å². The van der Waals surface area contributed by atoms with Gasteiger partial charge in [0.2, 0.25) is 0 Å². The molecule has 31 heavy (non-hydrogen) atoms. The summed E-state index contributed by atoms with van der Waals surface area (Å²) in [5.74, 6) is -0.850.